The lowest BCUT2D eigenvalue weighted by molar-refractivity contribution is -0.199. The van der Waals surface area contributed by atoms with Crippen LogP contribution >= 0.6 is 23.2 Å². The molecule has 0 bridgehead atoms. The third-order valence-corrected chi connectivity index (χ3v) is 2.33. The zero-order valence-electron chi connectivity index (χ0n) is 8.45. The van der Waals surface area contributed by atoms with Gasteiger partial charge in [0.05, 0.1) is 12.2 Å². The van der Waals surface area contributed by atoms with Crippen LogP contribution in [0.15, 0.2) is 12.2 Å². The molecule has 0 aliphatic heterocycles. The summed E-state index contributed by atoms with van der Waals surface area (Å²) in [6.45, 7) is 3.62. The number of carbonyl (C=O) groups excluding carboxylic acids is 1. The lowest BCUT2D eigenvalue weighted by Crippen LogP contribution is -2.58. The predicted octanol–water partition coefficient (Wildman–Crippen LogP) is 2.50. The van der Waals surface area contributed by atoms with Crippen LogP contribution in [-0.4, -0.2) is 34.0 Å². The van der Waals surface area contributed by atoms with Gasteiger partial charge in [0, 0.05) is 0 Å². The summed E-state index contributed by atoms with van der Waals surface area (Å²) >= 11 is 8.70. The molecule has 0 aliphatic rings. The van der Waals surface area contributed by atoms with E-state index < -0.39 is 27.9 Å². The van der Waals surface area contributed by atoms with Crippen LogP contribution < -0.4 is 0 Å². The minimum Gasteiger partial charge on any atom is -0.463 e. The molecule has 17 heavy (non-hydrogen) atoms. The molecule has 100 valence electrons. The molecule has 3 nitrogen and oxygen atoms in total. The Morgan fingerprint density at radius 1 is 1.29 bits per heavy atom. The Bertz CT molecular complexity index is 308. The van der Waals surface area contributed by atoms with Crippen molar-refractivity contribution < 1.29 is 32.2 Å². The van der Waals surface area contributed by atoms with Crippen molar-refractivity contribution in [3.63, 3.8) is 0 Å². The standard InChI is InChI=1S/C8H8Cl2F4O3/c1-3-17-5(15)4(2)6(16,7(9,11)12)8(10,13)14/h16H,2-3H2,1H3. The summed E-state index contributed by atoms with van der Waals surface area (Å²) < 4.78 is 55.4. The Kier molecular flexibility index (Phi) is 4.84. The fourth-order valence-corrected chi connectivity index (χ4v) is 1.38. The number of alkyl halides is 6. The summed E-state index contributed by atoms with van der Waals surface area (Å²) in [6.07, 6.45) is 0. The van der Waals surface area contributed by atoms with E-state index in [2.05, 4.69) is 34.5 Å². The van der Waals surface area contributed by atoms with Gasteiger partial charge < -0.3 is 9.84 Å². The molecule has 0 unspecified atom stereocenters. The molecule has 0 atom stereocenters. The molecule has 9 heteroatoms. The average Bonchev–Trinajstić information content (AvgIpc) is 2.12. The first-order valence-corrected chi connectivity index (χ1v) is 4.87. The van der Waals surface area contributed by atoms with Crippen molar-refractivity contribution in [2.75, 3.05) is 6.61 Å². The summed E-state index contributed by atoms with van der Waals surface area (Å²) in [6, 6.07) is 0. The van der Waals surface area contributed by atoms with Crippen LogP contribution in [0.5, 0.6) is 0 Å². The molecule has 0 saturated carbocycles. The predicted molar refractivity (Wildman–Crippen MR) is 52.3 cm³/mol. The largest absolute Gasteiger partial charge is 0.463 e. The fourth-order valence-electron chi connectivity index (χ4n) is 0.869. The van der Waals surface area contributed by atoms with Gasteiger partial charge in [-0.2, -0.15) is 17.6 Å². The minimum absolute atomic E-state index is 0.296. The molecule has 0 aliphatic carbocycles. The SMILES string of the molecule is C=C(C(=O)OCC)C(O)(C(F)(F)Cl)C(F)(F)Cl. The highest BCUT2D eigenvalue weighted by atomic mass is 35.5. The van der Waals surface area contributed by atoms with E-state index in [1.807, 2.05) is 0 Å². The monoisotopic (exact) mass is 298 g/mol. The van der Waals surface area contributed by atoms with Crippen molar-refractivity contribution in [2.24, 2.45) is 0 Å². The number of halogens is 6. The first-order chi connectivity index (χ1) is 7.39. The Morgan fingerprint density at radius 3 is 1.88 bits per heavy atom. The quantitative estimate of drug-likeness (QED) is 0.367. The van der Waals surface area contributed by atoms with Crippen LogP contribution in [0.2, 0.25) is 0 Å². The van der Waals surface area contributed by atoms with E-state index in [4.69, 9.17) is 0 Å². The van der Waals surface area contributed by atoms with Gasteiger partial charge in [0.1, 0.15) is 0 Å². The van der Waals surface area contributed by atoms with E-state index in [1.54, 1.807) is 0 Å². The molecular formula is C8H8Cl2F4O3. The van der Waals surface area contributed by atoms with Crippen molar-refractivity contribution in [3.8, 4) is 0 Å². The molecule has 1 N–H and O–H groups in total. The second-order valence-corrected chi connectivity index (χ2v) is 3.85. The lowest BCUT2D eigenvalue weighted by atomic mass is 9.95. The average molecular weight is 299 g/mol. The highest BCUT2D eigenvalue weighted by molar-refractivity contribution is 6.27. The number of carbonyl (C=O) groups is 1. The second kappa shape index (κ2) is 4.99. The lowest BCUT2D eigenvalue weighted by Gasteiger charge is -2.35. The maximum Gasteiger partial charge on any atom is 0.361 e. The Hall–Kier alpha value is -0.530. The van der Waals surface area contributed by atoms with Crippen molar-refractivity contribution in [1.29, 1.82) is 0 Å². The van der Waals surface area contributed by atoms with Crippen molar-refractivity contribution in [3.05, 3.63) is 12.2 Å². The molecule has 0 rings (SSSR count). The van der Waals surface area contributed by atoms with Crippen LogP contribution in [-0.2, 0) is 9.53 Å². The normalized spacial score (nSPS) is 13.4. The van der Waals surface area contributed by atoms with Crippen LogP contribution in [0.3, 0.4) is 0 Å². The van der Waals surface area contributed by atoms with Gasteiger partial charge in [0.2, 0.25) is 0 Å². The first kappa shape index (κ1) is 16.5. The molecule has 0 fully saturated rings. The highest BCUT2D eigenvalue weighted by Crippen LogP contribution is 2.49. The zero-order valence-corrected chi connectivity index (χ0v) is 9.96. The topological polar surface area (TPSA) is 46.5 Å². The second-order valence-electron chi connectivity index (χ2n) is 2.90. The third-order valence-electron chi connectivity index (χ3n) is 1.78. The molecule has 0 aromatic rings. The van der Waals surface area contributed by atoms with E-state index in [0.29, 0.717) is 0 Å². The summed E-state index contributed by atoms with van der Waals surface area (Å²) in [7, 11) is 0. The fraction of sp³-hybridized carbons (Fsp3) is 0.625. The van der Waals surface area contributed by atoms with E-state index in [9.17, 15) is 27.5 Å². The van der Waals surface area contributed by atoms with Gasteiger partial charge in [-0.3, -0.25) is 0 Å². The van der Waals surface area contributed by atoms with Crippen molar-refractivity contribution in [2.45, 2.75) is 23.3 Å². The summed E-state index contributed by atoms with van der Waals surface area (Å²) in [5, 5.41) is -0.644. The molecule has 0 aromatic heterocycles. The zero-order chi connectivity index (χ0) is 14.1. The maximum absolute atomic E-state index is 12.8. The van der Waals surface area contributed by atoms with Crippen LogP contribution in [0.4, 0.5) is 17.6 Å². The van der Waals surface area contributed by atoms with Gasteiger partial charge in [0.25, 0.3) is 5.60 Å². The molecular weight excluding hydrogens is 291 g/mol. The number of esters is 1. The van der Waals surface area contributed by atoms with E-state index in [1.165, 1.54) is 6.92 Å². The smallest absolute Gasteiger partial charge is 0.361 e. The van der Waals surface area contributed by atoms with Gasteiger partial charge in [-0.15, -0.1) is 0 Å². The van der Waals surface area contributed by atoms with E-state index in [0.717, 1.165) is 0 Å². The first-order valence-electron chi connectivity index (χ1n) is 4.12. The molecule has 0 radical (unpaired) electrons. The Morgan fingerprint density at radius 2 is 1.65 bits per heavy atom. The molecule has 0 spiro atoms. The van der Waals surface area contributed by atoms with Crippen LogP contribution in [0.1, 0.15) is 6.92 Å². The molecule has 0 saturated heterocycles. The molecule has 0 heterocycles. The van der Waals surface area contributed by atoms with Gasteiger partial charge in [-0.1, -0.05) is 6.58 Å². The number of hydrogen-bond donors (Lipinski definition) is 1. The number of aliphatic hydroxyl groups is 1. The molecule has 0 aromatic carbocycles. The molecule has 0 amide bonds. The Labute approximate surface area is 104 Å². The van der Waals surface area contributed by atoms with Gasteiger partial charge in [-0.05, 0) is 30.1 Å². The van der Waals surface area contributed by atoms with Gasteiger partial charge in [0.15, 0.2) is 0 Å². The minimum atomic E-state index is -4.91. The third kappa shape index (κ3) is 3.02. The van der Waals surface area contributed by atoms with Crippen molar-refractivity contribution >= 4 is 29.2 Å². The van der Waals surface area contributed by atoms with E-state index in [-0.39, 0.29) is 6.61 Å². The summed E-state index contributed by atoms with van der Waals surface area (Å²) in [5.41, 5.74) is -6.09. The van der Waals surface area contributed by atoms with E-state index >= 15 is 0 Å². The van der Waals surface area contributed by atoms with Gasteiger partial charge >= 0.3 is 16.7 Å². The summed E-state index contributed by atoms with van der Waals surface area (Å²) in [4.78, 5) is 11.0. The van der Waals surface area contributed by atoms with Crippen LogP contribution in [0.25, 0.3) is 0 Å². The number of rotatable bonds is 5. The summed E-state index contributed by atoms with van der Waals surface area (Å²) in [5.74, 6) is -1.66. The van der Waals surface area contributed by atoms with Gasteiger partial charge in [-0.25, -0.2) is 4.79 Å². The Balaban J connectivity index is 5.53. The highest BCUT2D eigenvalue weighted by Gasteiger charge is 2.70. The van der Waals surface area contributed by atoms with Crippen molar-refractivity contribution in [1.82, 2.24) is 0 Å². The maximum atomic E-state index is 12.8. The number of hydrogen-bond acceptors (Lipinski definition) is 3. The van der Waals surface area contributed by atoms with Crippen LogP contribution in [0, 0.1) is 0 Å². The number of ether oxygens (including phenoxy) is 1.